The van der Waals surface area contributed by atoms with E-state index in [1.165, 1.54) is 0 Å². The van der Waals surface area contributed by atoms with Gasteiger partial charge in [-0.2, -0.15) is 0 Å². The van der Waals surface area contributed by atoms with Crippen LogP contribution in [0.4, 0.5) is 0 Å². The summed E-state index contributed by atoms with van der Waals surface area (Å²) >= 11 is 0. The Kier molecular flexibility index (Phi) is 3.25. The van der Waals surface area contributed by atoms with Crippen LogP contribution in [0.5, 0.6) is 11.5 Å². The number of benzene rings is 1. The van der Waals surface area contributed by atoms with E-state index in [1.54, 1.807) is 6.07 Å². The van der Waals surface area contributed by atoms with Crippen molar-refractivity contribution in [3.05, 3.63) is 35.9 Å². The normalized spacial score (nSPS) is 29.7. The van der Waals surface area contributed by atoms with Crippen LogP contribution in [0.1, 0.15) is 12.0 Å². The van der Waals surface area contributed by atoms with E-state index in [4.69, 9.17) is 9.47 Å². The van der Waals surface area contributed by atoms with E-state index in [2.05, 4.69) is 5.32 Å². The van der Waals surface area contributed by atoms with Gasteiger partial charge >= 0.3 is 0 Å². The molecule has 3 aliphatic rings. The lowest BCUT2D eigenvalue weighted by Gasteiger charge is -2.27. The molecular formula is C17H16NO5-. The van der Waals surface area contributed by atoms with Crippen molar-refractivity contribution in [1.82, 2.24) is 5.32 Å². The highest BCUT2D eigenvalue weighted by atomic mass is 16.7. The zero-order valence-corrected chi connectivity index (χ0v) is 12.4. The lowest BCUT2D eigenvalue weighted by Crippen LogP contribution is -2.44. The average molecular weight is 314 g/mol. The third-order valence-corrected chi connectivity index (χ3v) is 4.94. The van der Waals surface area contributed by atoms with Crippen LogP contribution in [0.2, 0.25) is 0 Å². The number of carboxylic acids is 1. The number of hydrogen-bond donors (Lipinski definition) is 1. The summed E-state index contributed by atoms with van der Waals surface area (Å²) in [7, 11) is 0. The molecule has 4 atom stereocenters. The molecule has 120 valence electrons. The molecule has 23 heavy (non-hydrogen) atoms. The Labute approximate surface area is 133 Å². The Bertz CT molecular complexity index is 698. The highest BCUT2D eigenvalue weighted by Crippen LogP contribution is 2.47. The van der Waals surface area contributed by atoms with Gasteiger partial charge in [-0.1, -0.05) is 18.2 Å². The van der Waals surface area contributed by atoms with E-state index in [0.29, 0.717) is 18.0 Å². The van der Waals surface area contributed by atoms with E-state index in [9.17, 15) is 14.7 Å². The van der Waals surface area contributed by atoms with Gasteiger partial charge in [0.1, 0.15) is 0 Å². The largest absolute Gasteiger partial charge is 0.550 e. The monoisotopic (exact) mass is 314 g/mol. The topological polar surface area (TPSA) is 87.7 Å². The predicted octanol–water partition coefficient (Wildman–Crippen LogP) is 0.220. The van der Waals surface area contributed by atoms with Crippen molar-refractivity contribution in [1.29, 1.82) is 0 Å². The molecule has 1 aromatic rings. The van der Waals surface area contributed by atoms with Gasteiger partial charge < -0.3 is 24.7 Å². The number of fused-ring (bicyclic) bond motifs is 3. The van der Waals surface area contributed by atoms with Crippen LogP contribution >= 0.6 is 0 Å². The Morgan fingerprint density at radius 2 is 1.87 bits per heavy atom. The Morgan fingerprint density at radius 3 is 2.65 bits per heavy atom. The van der Waals surface area contributed by atoms with Crippen molar-refractivity contribution >= 4 is 11.9 Å². The van der Waals surface area contributed by atoms with Crippen molar-refractivity contribution in [3.8, 4) is 11.5 Å². The lowest BCUT2D eigenvalue weighted by atomic mass is 9.82. The van der Waals surface area contributed by atoms with E-state index < -0.39 is 17.8 Å². The number of rotatable bonds is 4. The second kappa shape index (κ2) is 5.30. The quantitative estimate of drug-likeness (QED) is 0.803. The van der Waals surface area contributed by atoms with Gasteiger partial charge in [-0.15, -0.1) is 0 Å². The molecule has 1 N–H and O–H groups in total. The van der Waals surface area contributed by atoms with E-state index in [-0.39, 0.29) is 24.5 Å². The van der Waals surface area contributed by atoms with Gasteiger partial charge in [0.2, 0.25) is 12.7 Å². The minimum absolute atomic E-state index is 0.000320. The molecule has 0 spiro atoms. The minimum Gasteiger partial charge on any atom is -0.550 e. The van der Waals surface area contributed by atoms with Gasteiger partial charge in [-0.05, 0) is 36.0 Å². The van der Waals surface area contributed by atoms with E-state index in [1.807, 2.05) is 24.3 Å². The van der Waals surface area contributed by atoms with E-state index in [0.717, 1.165) is 12.0 Å². The number of aliphatic carboxylic acids is 1. The third-order valence-electron chi connectivity index (χ3n) is 4.94. The van der Waals surface area contributed by atoms with Gasteiger partial charge in [0, 0.05) is 18.4 Å². The molecule has 0 aromatic heterocycles. The smallest absolute Gasteiger partial charge is 0.231 e. The Balaban J connectivity index is 1.44. The summed E-state index contributed by atoms with van der Waals surface area (Å²) in [6.45, 7) is 0.531. The zero-order valence-electron chi connectivity index (χ0n) is 12.4. The molecule has 0 saturated heterocycles. The van der Waals surface area contributed by atoms with Crippen molar-refractivity contribution < 1.29 is 24.2 Å². The molecule has 1 aliphatic heterocycles. The van der Waals surface area contributed by atoms with Crippen LogP contribution in [-0.4, -0.2) is 18.7 Å². The standard InChI is InChI=1S/C17H17NO5/c19-16(14-10-2-3-11(6-10)15(14)17(20)21)18-7-9-1-4-12-13(5-9)23-8-22-12/h1-5,10-11,14-15H,6-8H2,(H,18,19)(H,20,21)/p-1/t10-,11+,14+,15-/m1/s1. The third kappa shape index (κ3) is 2.34. The summed E-state index contributed by atoms with van der Waals surface area (Å²) in [5.41, 5.74) is 0.881. The number of carbonyl (C=O) groups is 2. The van der Waals surface area contributed by atoms with Crippen LogP contribution in [0.25, 0.3) is 0 Å². The molecule has 6 nitrogen and oxygen atoms in total. The molecule has 0 unspecified atom stereocenters. The molecule has 1 fully saturated rings. The highest BCUT2D eigenvalue weighted by Gasteiger charge is 2.48. The van der Waals surface area contributed by atoms with Crippen molar-refractivity contribution in [2.45, 2.75) is 13.0 Å². The number of carbonyl (C=O) groups excluding carboxylic acids is 2. The van der Waals surface area contributed by atoms with Gasteiger partial charge in [0.05, 0.1) is 5.92 Å². The summed E-state index contributed by atoms with van der Waals surface area (Å²) in [6, 6.07) is 5.47. The molecular weight excluding hydrogens is 298 g/mol. The number of hydrogen-bond acceptors (Lipinski definition) is 5. The first kappa shape index (κ1) is 14.1. The molecule has 1 heterocycles. The first-order chi connectivity index (χ1) is 11.1. The first-order valence-corrected chi connectivity index (χ1v) is 7.69. The number of allylic oxidation sites excluding steroid dienone is 2. The Morgan fingerprint density at radius 1 is 1.13 bits per heavy atom. The Hall–Kier alpha value is -2.50. The van der Waals surface area contributed by atoms with Gasteiger partial charge in [-0.25, -0.2) is 0 Å². The van der Waals surface area contributed by atoms with Gasteiger partial charge in [0.15, 0.2) is 11.5 Å². The average Bonchev–Trinajstić information content (AvgIpc) is 3.25. The summed E-state index contributed by atoms with van der Waals surface area (Å²) < 4.78 is 10.5. The molecule has 4 rings (SSSR count). The summed E-state index contributed by atoms with van der Waals surface area (Å²) in [6.07, 6.45) is 4.57. The second-order valence-corrected chi connectivity index (χ2v) is 6.22. The molecule has 6 heteroatoms. The summed E-state index contributed by atoms with van der Waals surface area (Å²) in [4.78, 5) is 23.8. The highest BCUT2D eigenvalue weighted by molar-refractivity contribution is 5.86. The lowest BCUT2D eigenvalue weighted by molar-refractivity contribution is -0.313. The van der Waals surface area contributed by atoms with Crippen molar-refractivity contribution in [2.75, 3.05) is 6.79 Å². The van der Waals surface area contributed by atoms with Crippen LogP contribution < -0.4 is 19.9 Å². The minimum atomic E-state index is -1.13. The van der Waals surface area contributed by atoms with Crippen LogP contribution in [-0.2, 0) is 16.1 Å². The number of ether oxygens (including phenoxy) is 2. The maximum Gasteiger partial charge on any atom is 0.231 e. The summed E-state index contributed by atoms with van der Waals surface area (Å²) in [5, 5.41) is 14.2. The molecule has 1 saturated carbocycles. The maximum atomic E-state index is 12.5. The number of amides is 1. The van der Waals surface area contributed by atoms with Crippen molar-refractivity contribution in [3.63, 3.8) is 0 Å². The SMILES string of the molecule is O=C(NCc1ccc2c(c1)OCO2)[C@@H]1[C@H](C(=O)[O-])[C@H]2C=C[C@@H]1C2. The van der Waals surface area contributed by atoms with Crippen LogP contribution in [0.15, 0.2) is 30.4 Å². The fourth-order valence-electron chi connectivity index (χ4n) is 3.86. The maximum absolute atomic E-state index is 12.5. The summed E-state index contributed by atoms with van der Waals surface area (Å²) in [5.74, 6) is -1.35. The molecule has 1 amide bonds. The first-order valence-electron chi connectivity index (χ1n) is 7.69. The van der Waals surface area contributed by atoms with Gasteiger partial charge in [0.25, 0.3) is 0 Å². The predicted molar refractivity (Wildman–Crippen MR) is 77.1 cm³/mol. The van der Waals surface area contributed by atoms with Gasteiger partial charge in [-0.3, -0.25) is 4.79 Å². The van der Waals surface area contributed by atoms with Crippen LogP contribution in [0.3, 0.4) is 0 Å². The number of carboxylic acid groups (broad SMARTS) is 1. The fraction of sp³-hybridized carbons (Fsp3) is 0.412. The van der Waals surface area contributed by atoms with Crippen molar-refractivity contribution in [2.24, 2.45) is 23.7 Å². The second-order valence-electron chi connectivity index (χ2n) is 6.22. The number of nitrogens with one attached hydrogen (secondary N) is 1. The molecule has 2 bridgehead atoms. The molecule has 0 radical (unpaired) electrons. The molecule has 1 aromatic carbocycles. The van der Waals surface area contributed by atoms with E-state index >= 15 is 0 Å². The van der Waals surface area contributed by atoms with Crippen LogP contribution in [0, 0.1) is 23.7 Å². The zero-order chi connectivity index (χ0) is 16.0. The molecule has 2 aliphatic carbocycles. The fourth-order valence-corrected chi connectivity index (χ4v) is 3.86.